The predicted molar refractivity (Wildman–Crippen MR) is 34.3 cm³/mol. The van der Waals surface area contributed by atoms with Crippen molar-refractivity contribution in [3.8, 4) is 0 Å². The topological polar surface area (TPSA) is 17.1 Å². The SMILES string of the molecule is O=C1CCCSS1.[Cu]. The summed E-state index contributed by atoms with van der Waals surface area (Å²) in [6.07, 6.45) is 1.87. The summed E-state index contributed by atoms with van der Waals surface area (Å²) >= 11 is 0. The molecule has 0 N–H and O–H groups in total. The summed E-state index contributed by atoms with van der Waals surface area (Å²) in [7, 11) is 3.07. The molecule has 8 heavy (non-hydrogen) atoms. The van der Waals surface area contributed by atoms with Crippen molar-refractivity contribution in [3.05, 3.63) is 0 Å². The third-order valence-corrected chi connectivity index (χ3v) is 3.13. The first-order valence-electron chi connectivity index (χ1n) is 2.22. The number of rotatable bonds is 0. The largest absolute Gasteiger partial charge is 0.286 e. The molecule has 1 saturated heterocycles. The van der Waals surface area contributed by atoms with Crippen LogP contribution in [0, 0.1) is 0 Å². The van der Waals surface area contributed by atoms with E-state index in [1.165, 1.54) is 10.8 Å². The zero-order chi connectivity index (χ0) is 5.11. The molecule has 1 aliphatic heterocycles. The second-order valence-corrected chi connectivity index (χ2v) is 3.85. The van der Waals surface area contributed by atoms with Crippen LogP contribution in [0.1, 0.15) is 12.8 Å². The Bertz CT molecular complexity index is 78.1. The monoisotopic (exact) mass is 197 g/mol. The van der Waals surface area contributed by atoms with Crippen LogP contribution in [0.2, 0.25) is 0 Å². The van der Waals surface area contributed by atoms with Crippen LogP contribution in [-0.4, -0.2) is 10.9 Å². The van der Waals surface area contributed by atoms with Gasteiger partial charge >= 0.3 is 0 Å². The summed E-state index contributed by atoms with van der Waals surface area (Å²) in [6.45, 7) is 0. The summed E-state index contributed by atoms with van der Waals surface area (Å²) in [5.41, 5.74) is 0. The molecule has 0 aromatic carbocycles. The number of hydrogen-bond acceptors (Lipinski definition) is 3. The minimum Gasteiger partial charge on any atom is -0.286 e. The van der Waals surface area contributed by atoms with Gasteiger partial charge in [0.05, 0.1) is 0 Å². The van der Waals surface area contributed by atoms with Crippen LogP contribution >= 0.6 is 21.6 Å². The first-order valence-corrected chi connectivity index (χ1v) is 4.54. The van der Waals surface area contributed by atoms with Crippen molar-refractivity contribution < 1.29 is 21.9 Å². The quantitative estimate of drug-likeness (QED) is 0.435. The maximum absolute atomic E-state index is 10.4. The van der Waals surface area contributed by atoms with Crippen LogP contribution in [0.3, 0.4) is 0 Å². The molecule has 1 heterocycles. The Labute approximate surface area is 67.2 Å². The fraction of sp³-hybridized carbons (Fsp3) is 0.750. The Morgan fingerprint density at radius 1 is 1.50 bits per heavy atom. The Morgan fingerprint density at radius 2 is 2.25 bits per heavy atom. The molecule has 0 aromatic heterocycles. The fourth-order valence-corrected chi connectivity index (χ4v) is 2.38. The standard InChI is InChI=1S/C4H6OS2.Cu/c5-4-2-1-3-6-7-4;/h1-3H2;. The average Bonchev–Trinajstić information content (AvgIpc) is 1.69. The van der Waals surface area contributed by atoms with E-state index in [2.05, 4.69) is 0 Å². The number of carbonyl (C=O) groups excluding carboxylic acids is 1. The number of carbonyl (C=O) groups is 1. The van der Waals surface area contributed by atoms with E-state index in [1.807, 2.05) is 0 Å². The van der Waals surface area contributed by atoms with E-state index in [0.717, 1.165) is 18.6 Å². The molecule has 51 valence electrons. The van der Waals surface area contributed by atoms with Gasteiger partial charge in [0, 0.05) is 29.2 Å². The minimum atomic E-state index is 0. The van der Waals surface area contributed by atoms with Gasteiger partial charge in [-0.25, -0.2) is 0 Å². The zero-order valence-electron chi connectivity index (χ0n) is 4.15. The van der Waals surface area contributed by atoms with E-state index in [1.54, 1.807) is 10.8 Å². The van der Waals surface area contributed by atoms with Crippen LogP contribution in [0.25, 0.3) is 0 Å². The molecule has 1 nitrogen and oxygen atoms in total. The van der Waals surface area contributed by atoms with E-state index in [4.69, 9.17) is 0 Å². The molecule has 1 rings (SSSR count). The van der Waals surface area contributed by atoms with Gasteiger partial charge in [-0.05, 0) is 17.2 Å². The molecule has 0 bridgehead atoms. The van der Waals surface area contributed by atoms with Gasteiger partial charge in [-0.2, -0.15) is 0 Å². The zero-order valence-corrected chi connectivity index (χ0v) is 6.72. The third kappa shape index (κ3) is 3.02. The Hall–Kier alpha value is 0.889. The molecule has 0 atom stereocenters. The first-order chi connectivity index (χ1) is 3.39. The molecule has 0 spiro atoms. The fourth-order valence-electron chi connectivity index (χ4n) is 0.424. The van der Waals surface area contributed by atoms with E-state index < -0.39 is 0 Å². The predicted octanol–water partition coefficient (Wildman–Crippen LogP) is 1.69. The van der Waals surface area contributed by atoms with Gasteiger partial charge in [0.15, 0.2) is 5.12 Å². The van der Waals surface area contributed by atoms with Gasteiger partial charge in [0.2, 0.25) is 0 Å². The minimum absolute atomic E-state index is 0. The molecule has 1 aliphatic rings. The molecule has 1 radical (unpaired) electrons. The third-order valence-electron chi connectivity index (χ3n) is 0.760. The van der Waals surface area contributed by atoms with Crippen LogP contribution in [-0.2, 0) is 21.9 Å². The van der Waals surface area contributed by atoms with Crippen molar-refractivity contribution in [2.45, 2.75) is 12.8 Å². The smallest absolute Gasteiger partial charge is 0.199 e. The summed E-state index contributed by atoms with van der Waals surface area (Å²) < 4.78 is 0. The Balaban J connectivity index is 0.000000490. The van der Waals surface area contributed by atoms with Gasteiger partial charge in [-0.3, -0.25) is 4.79 Å². The van der Waals surface area contributed by atoms with Gasteiger partial charge in [-0.15, -0.1) is 0 Å². The normalized spacial score (nSPS) is 19.8. The second-order valence-electron chi connectivity index (χ2n) is 1.38. The summed E-state index contributed by atoms with van der Waals surface area (Å²) in [6, 6.07) is 0. The van der Waals surface area contributed by atoms with Gasteiger partial charge in [0.25, 0.3) is 0 Å². The van der Waals surface area contributed by atoms with Crippen LogP contribution in [0.5, 0.6) is 0 Å². The second kappa shape index (κ2) is 4.74. The Kier molecular flexibility index (Phi) is 5.27. The molecule has 1 fully saturated rings. The van der Waals surface area contributed by atoms with Gasteiger partial charge in [0.1, 0.15) is 0 Å². The van der Waals surface area contributed by atoms with Gasteiger partial charge in [-0.1, -0.05) is 10.8 Å². The van der Waals surface area contributed by atoms with Gasteiger partial charge < -0.3 is 0 Å². The van der Waals surface area contributed by atoms with Crippen molar-refractivity contribution in [2.75, 3.05) is 5.75 Å². The average molecular weight is 198 g/mol. The molecule has 0 amide bonds. The van der Waals surface area contributed by atoms with Crippen LogP contribution < -0.4 is 0 Å². The van der Waals surface area contributed by atoms with E-state index in [9.17, 15) is 4.79 Å². The molecular formula is C4H6CuOS2. The summed E-state index contributed by atoms with van der Waals surface area (Å²) in [5, 5.41) is 0.344. The molecular weight excluding hydrogens is 192 g/mol. The Morgan fingerprint density at radius 3 is 2.50 bits per heavy atom. The van der Waals surface area contributed by atoms with E-state index >= 15 is 0 Å². The maximum atomic E-state index is 10.4. The number of hydrogen-bond donors (Lipinski definition) is 0. The molecule has 0 unspecified atom stereocenters. The van der Waals surface area contributed by atoms with Crippen molar-refractivity contribution in [1.82, 2.24) is 0 Å². The van der Waals surface area contributed by atoms with Crippen molar-refractivity contribution >= 4 is 26.7 Å². The van der Waals surface area contributed by atoms with E-state index in [-0.39, 0.29) is 17.1 Å². The maximum Gasteiger partial charge on any atom is 0.199 e. The molecule has 0 aromatic rings. The van der Waals surface area contributed by atoms with Crippen molar-refractivity contribution in [1.29, 1.82) is 0 Å². The van der Waals surface area contributed by atoms with Crippen molar-refractivity contribution in [3.63, 3.8) is 0 Å². The van der Waals surface area contributed by atoms with E-state index in [0.29, 0.717) is 5.12 Å². The van der Waals surface area contributed by atoms with Crippen LogP contribution in [0.4, 0.5) is 0 Å². The molecule has 0 saturated carbocycles. The molecule has 0 aliphatic carbocycles. The van der Waals surface area contributed by atoms with Crippen LogP contribution in [0.15, 0.2) is 0 Å². The van der Waals surface area contributed by atoms with Crippen molar-refractivity contribution in [2.24, 2.45) is 0 Å². The molecule has 4 heteroatoms. The summed E-state index contributed by atoms with van der Waals surface area (Å²) in [5.74, 6) is 1.15. The summed E-state index contributed by atoms with van der Waals surface area (Å²) in [4.78, 5) is 10.4. The first kappa shape index (κ1) is 8.89.